The third-order valence-corrected chi connectivity index (χ3v) is 4.17. The molecule has 0 amide bonds. The van der Waals surface area contributed by atoms with Gasteiger partial charge in [0.2, 0.25) is 0 Å². The summed E-state index contributed by atoms with van der Waals surface area (Å²) in [6.07, 6.45) is 1.51. The summed E-state index contributed by atoms with van der Waals surface area (Å²) in [7, 11) is 0. The van der Waals surface area contributed by atoms with Crippen molar-refractivity contribution in [3.05, 3.63) is 53.5 Å². The summed E-state index contributed by atoms with van der Waals surface area (Å²) in [4.78, 5) is 0. The maximum Gasteiger partial charge on any atom is 0.135 e. The number of hydrogen-bond acceptors (Lipinski definition) is 4. The minimum absolute atomic E-state index is 0.336. The lowest BCUT2D eigenvalue weighted by atomic mass is 9.74. The van der Waals surface area contributed by atoms with Gasteiger partial charge in [-0.15, -0.1) is 0 Å². The van der Waals surface area contributed by atoms with Crippen molar-refractivity contribution in [1.82, 2.24) is 0 Å². The van der Waals surface area contributed by atoms with Gasteiger partial charge in [0.25, 0.3) is 0 Å². The van der Waals surface area contributed by atoms with E-state index < -0.39 is 11.5 Å². The van der Waals surface area contributed by atoms with Crippen LogP contribution in [0.15, 0.2) is 41.0 Å². The van der Waals surface area contributed by atoms with Crippen LogP contribution in [0.2, 0.25) is 0 Å². The van der Waals surface area contributed by atoms with Crippen LogP contribution < -0.4 is 10.5 Å². The zero-order chi connectivity index (χ0) is 14.2. The van der Waals surface area contributed by atoms with Crippen LogP contribution in [0.1, 0.15) is 23.0 Å². The summed E-state index contributed by atoms with van der Waals surface area (Å²) >= 11 is 0. The van der Waals surface area contributed by atoms with Gasteiger partial charge in [-0.2, -0.15) is 0 Å². The summed E-state index contributed by atoms with van der Waals surface area (Å²) in [5.41, 5.74) is 7.44. The lowest BCUT2D eigenvalue weighted by molar-refractivity contribution is -0.0283. The Bertz CT molecular complexity index is 607. The largest absolute Gasteiger partial charge is 0.493 e. The van der Waals surface area contributed by atoms with Crippen LogP contribution in [0.4, 0.5) is 0 Å². The third-order valence-electron chi connectivity index (χ3n) is 4.17. The van der Waals surface area contributed by atoms with E-state index in [1.807, 2.05) is 37.3 Å². The summed E-state index contributed by atoms with van der Waals surface area (Å²) in [6, 6.07) is 9.72. The topological polar surface area (TPSA) is 68.6 Å². The number of fused-ring (bicyclic) bond motifs is 1. The van der Waals surface area contributed by atoms with Crippen LogP contribution in [-0.4, -0.2) is 18.3 Å². The average Bonchev–Trinajstić information content (AvgIpc) is 2.92. The number of nitrogens with two attached hydrogens (primary N) is 1. The van der Waals surface area contributed by atoms with Gasteiger partial charge in [0, 0.05) is 6.54 Å². The van der Waals surface area contributed by atoms with Gasteiger partial charge in [-0.3, -0.25) is 0 Å². The van der Waals surface area contributed by atoms with E-state index in [2.05, 4.69) is 0 Å². The van der Waals surface area contributed by atoms with Gasteiger partial charge in [0.05, 0.1) is 18.3 Å². The number of furan rings is 1. The van der Waals surface area contributed by atoms with Gasteiger partial charge in [0.15, 0.2) is 0 Å². The summed E-state index contributed by atoms with van der Waals surface area (Å²) in [5.74, 6) is 1.46. The minimum Gasteiger partial charge on any atom is -0.493 e. The Labute approximate surface area is 118 Å². The number of benzene rings is 1. The van der Waals surface area contributed by atoms with E-state index >= 15 is 0 Å². The maximum atomic E-state index is 10.7. The fourth-order valence-corrected chi connectivity index (χ4v) is 2.80. The lowest BCUT2D eigenvalue weighted by Gasteiger charge is -2.40. The van der Waals surface area contributed by atoms with Gasteiger partial charge in [-0.25, -0.2) is 0 Å². The van der Waals surface area contributed by atoms with Crippen LogP contribution in [-0.2, 0) is 6.42 Å². The molecule has 1 aliphatic rings. The number of para-hydroxylation sites is 1. The highest BCUT2D eigenvalue weighted by atomic mass is 16.5. The quantitative estimate of drug-likeness (QED) is 0.899. The molecule has 2 aromatic rings. The van der Waals surface area contributed by atoms with E-state index in [9.17, 15) is 5.11 Å². The van der Waals surface area contributed by atoms with Crippen molar-refractivity contribution in [2.75, 3.05) is 13.2 Å². The molecule has 3 N–H and O–H groups in total. The summed E-state index contributed by atoms with van der Waals surface area (Å²) < 4.78 is 11.2. The monoisotopic (exact) mass is 273 g/mol. The molecule has 106 valence electrons. The Morgan fingerprint density at radius 1 is 1.35 bits per heavy atom. The molecular weight excluding hydrogens is 254 g/mol. The molecule has 4 heteroatoms. The molecular formula is C16H19NO3. The second-order valence-electron chi connectivity index (χ2n) is 5.51. The number of aliphatic hydroxyl groups is 1. The van der Waals surface area contributed by atoms with Crippen LogP contribution in [0.5, 0.6) is 5.75 Å². The fraction of sp³-hybridized carbons (Fsp3) is 0.375. The first-order valence-electron chi connectivity index (χ1n) is 6.79. The molecule has 0 saturated carbocycles. The van der Waals surface area contributed by atoms with Crippen molar-refractivity contribution in [2.45, 2.75) is 19.4 Å². The molecule has 0 aliphatic carbocycles. The number of aliphatic hydroxyl groups excluding tert-OH is 1. The summed E-state index contributed by atoms with van der Waals surface area (Å²) in [5, 5.41) is 10.7. The zero-order valence-corrected chi connectivity index (χ0v) is 11.5. The van der Waals surface area contributed by atoms with Crippen LogP contribution in [0, 0.1) is 12.3 Å². The standard InChI is InChI=1S/C16H19NO3/c1-11-6-7-19-14(11)15(18)16(9-17)8-12-4-2-3-5-13(12)20-10-16/h2-7,15,18H,8-10,17H2,1H3. The molecule has 0 saturated heterocycles. The Morgan fingerprint density at radius 3 is 2.85 bits per heavy atom. The highest BCUT2D eigenvalue weighted by Gasteiger charge is 2.43. The van der Waals surface area contributed by atoms with Crippen molar-refractivity contribution in [1.29, 1.82) is 0 Å². The molecule has 2 heterocycles. The summed E-state index contributed by atoms with van der Waals surface area (Å²) in [6.45, 7) is 2.65. The predicted molar refractivity (Wildman–Crippen MR) is 75.5 cm³/mol. The molecule has 20 heavy (non-hydrogen) atoms. The van der Waals surface area contributed by atoms with Crippen LogP contribution in [0.3, 0.4) is 0 Å². The molecule has 4 nitrogen and oxygen atoms in total. The zero-order valence-electron chi connectivity index (χ0n) is 11.5. The van der Waals surface area contributed by atoms with Crippen LogP contribution in [0.25, 0.3) is 0 Å². The first-order chi connectivity index (χ1) is 9.66. The number of ether oxygens (including phenoxy) is 1. The number of aryl methyl sites for hydroxylation is 1. The first kappa shape index (κ1) is 13.2. The van der Waals surface area contributed by atoms with Crippen molar-refractivity contribution in [3.8, 4) is 5.75 Å². The van der Waals surface area contributed by atoms with E-state index in [4.69, 9.17) is 14.9 Å². The first-order valence-corrected chi connectivity index (χ1v) is 6.79. The molecule has 0 fully saturated rings. The van der Waals surface area contributed by atoms with Gasteiger partial charge in [0.1, 0.15) is 17.6 Å². The number of hydrogen-bond donors (Lipinski definition) is 2. The van der Waals surface area contributed by atoms with Crippen molar-refractivity contribution in [2.24, 2.45) is 11.1 Å². The number of rotatable bonds is 3. The molecule has 0 spiro atoms. The normalized spacial score (nSPS) is 22.9. The molecule has 2 unspecified atom stereocenters. The Hall–Kier alpha value is -1.78. The van der Waals surface area contributed by atoms with E-state index in [1.54, 1.807) is 6.26 Å². The van der Waals surface area contributed by atoms with Crippen molar-refractivity contribution < 1.29 is 14.3 Å². The fourth-order valence-electron chi connectivity index (χ4n) is 2.80. The van der Waals surface area contributed by atoms with Crippen molar-refractivity contribution >= 4 is 0 Å². The smallest absolute Gasteiger partial charge is 0.135 e. The van der Waals surface area contributed by atoms with Gasteiger partial charge >= 0.3 is 0 Å². The van der Waals surface area contributed by atoms with E-state index in [1.165, 1.54) is 0 Å². The molecule has 1 aliphatic heterocycles. The van der Waals surface area contributed by atoms with Crippen molar-refractivity contribution in [3.63, 3.8) is 0 Å². The molecule has 0 bridgehead atoms. The van der Waals surface area contributed by atoms with E-state index in [0.717, 1.165) is 16.9 Å². The van der Waals surface area contributed by atoms with Gasteiger partial charge < -0.3 is 20.0 Å². The second kappa shape index (κ2) is 4.96. The average molecular weight is 273 g/mol. The minimum atomic E-state index is -0.768. The predicted octanol–water partition coefficient (Wildman–Crippen LogP) is 2.20. The van der Waals surface area contributed by atoms with E-state index in [0.29, 0.717) is 25.3 Å². The molecule has 0 radical (unpaired) electrons. The third kappa shape index (κ3) is 2.01. The van der Waals surface area contributed by atoms with Gasteiger partial charge in [-0.1, -0.05) is 18.2 Å². The highest BCUT2D eigenvalue weighted by molar-refractivity contribution is 5.37. The van der Waals surface area contributed by atoms with Crippen LogP contribution >= 0.6 is 0 Å². The maximum absolute atomic E-state index is 10.7. The Balaban J connectivity index is 1.96. The molecule has 1 aromatic carbocycles. The SMILES string of the molecule is Cc1ccoc1C(O)C1(CN)COc2ccccc2C1. The Kier molecular flexibility index (Phi) is 3.28. The van der Waals surface area contributed by atoms with E-state index in [-0.39, 0.29) is 0 Å². The molecule has 2 atom stereocenters. The molecule has 3 rings (SSSR count). The molecule has 1 aromatic heterocycles. The second-order valence-corrected chi connectivity index (χ2v) is 5.51. The highest BCUT2D eigenvalue weighted by Crippen LogP contribution is 2.43. The van der Waals surface area contributed by atoms with Gasteiger partial charge in [-0.05, 0) is 36.6 Å². The lowest BCUT2D eigenvalue weighted by Crippen LogP contribution is -2.46. The Morgan fingerprint density at radius 2 is 2.15 bits per heavy atom.